The zero-order chi connectivity index (χ0) is 6.99. The molecule has 0 amide bonds. The zero-order valence-corrected chi connectivity index (χ0v) is 13.1. The second-order valence-electron chi connectivity index (χ2n) is 1.07. The van der Waals surface area contributed by atoms with Crippen LogP contribution >= 0.6 is 36.9 Å². The van der Waals surface area contributed by atoms with Crippen LogP contribution in [0.1, 0.15) is 19.8 Å². The molecule has 0 aliphatic heterocycles. The molecule has 0 aliphatic rings. The first kappa shape index (κ1) is 12.9. The van der Waals surface area contributed by atoms with E-state index in [9.17, 15) is 0 Å². The summed E-state index contributed by atoms with van der Waals surface area (Å²) in [6, 6.07) is 0. The van der Waals surface area contributed by atoms with Gasteiger partial charge in [0, 0.05) is 0 Å². The molecule has 0 saturated carbocycles. The van der Waals surface area contributed by atoms with Crippen molar-refractivity contribution in [3.05, 3.63) is 6.92 Å². The first-order valence-electron chi connectivity index (χ1n) is 2.27. The van der Waals surface area contributed by atoms with Crippen molar-refractivity contribution >= 4 is 36.9 Å². The Morgan fingerprint density at radius 3 is 1.50 bits per heavy atom. The summed E-state index contributed by atoms with van der Waals surface area (Å²) in [6.07, 6.45) is 2.28. The van der Waals surface area contributed by atoms with E-state index in [0.29, 0.717) is 0 Å². The van der Waals surface area contributed by atoms with E-state index in [0.717, 1.165) is 6.42 Å². The van der Waals surface area contributed by atoms with E-state index in [2.05, 4.69) is 50.7 Å². The number of halogens is 3. The van der Waals surface area contributed by atoms with Crippen LogP contribution in [0.25, 0.3) is 0 Å². The van der Waals surface area contributed by atoms with Gasteiger partial charge in [-0.1, -0.05) is 26.7 Å². The molecule has 0 heterocycles. The summed E-state index contributed by atoms with van der Waals surface area (Å²) in [7, 11) is 0. The van der Waals surface area contributed by atoms with Crippen molar-refractivity contribution in [2.45, 2.75) is 19.8 Å². The topological polar surface area (TPSA) is 0 Å². The Kier molecular flexibility index (Phi) is 19.5. The van der Waals surface area contributed by atoms with Gasteiger partial charge in [-0.3, -0.25) is 0 Å². The van der Waals surface area contributed by atoms with E-state index in [1.807, 2.05) is 0 Å². The molecule has 0 aromatic heterocycles. The van der Waals surface area contributed by atoms with Gasteiger partial charge in [0.25, 0.3) is 0 Å². The smallest absolute Gasteiger partial charge is 0.0533 e. The van der Waals surface area contributed by atoms with Crippen molar-refractivity contribution < 1.29 is 14.4 Å². The SMILES string of the molecule is [Br][Hf]([Br])[Br].[CH2]CCC. The normalized spacial score (nSPS) is 7.12. The monoisotopic (exact) mass is 474 g/mol. The van der Waals surface area contributed by atoms with Crippen LogP contribution in [-0.2, 0) is 14.4 Å². The van der Waals surface area contributed by atoms with Crippen molar-refractivity contribution in [3.8, 4) is 0 Å². The average molecular weight is 475 g/mol. The van der Waals surface area contributed by atoms with Gasteiger partial charge in [0.2, 0.25) is 0 Å². The molecular weight excluding hydrogens is 466 g/mol. The van der Waals surface area contributed by atoms with Gasteiger partial charge < -0.3 is 0 Å². The minimum absolute atomic E-state index is 1.07. The van der Waals surface area contributed by atoms with Crippen molar-refractivity contribution in [1.29, 1.82) is 0 Å². The van der Waals surface area contributed by atoms with Crippen LogP contribution in [0.15, 0.2) is 0 Å². The predicted molar refractivity (Wildman–Crippen MR) is 47.0 cm³/mol. The van der Waals surface area contributed by atoms with Gasteiger partial charge in [0.1, 0.15) is 0 Å². The van der Waals surface area contributed by atoms with E-state index in [1.54, 1.807) is 0 Å². The minimum Gasteiger partial charge on any atom is -0.0654 e. The van der Waals surface area contributed by atoms with Gasteiger partial charge in [0.15, 0.2) is 0 Å². The molecule has 0 fully saturated rings. The van der Waals surface area contributed by atoms with Gasteiger partial charge in [-0.25, -0.2) is 0 Å². The maximum absolute atomic E-state index is 3.60. The molecule has 0 N–H and O–H groups in total. The summed E-state index contributed by atoms with van der Waals surface area (Å²) >= 11 is 8.73. The number of hydrogen-bond acceptors (Lipinski definition) is 0. The molecule has 0 rings (SSSR count). The number of hydrogen-bond donors (Lipinski definition) is 0. The van der Waals surface area contributed by atoms with Gasteiger partial charge in [-0.2, -0.15) is 0 Å². The van der Waals surface area contributed by atoms with E-state index in [4.69, 9.17) is 0 Å². The van der Waals surface area contributed by atoms with Crippen molar-refractivity contribution in [3.63, 3.8) is 0 Å². The van der Waals surface area contributed by atoms with Gasteiger partial charge in [-0.15, -0.1) is 0 Å². The third-order valence-electron chi connectivity index (χ3n) is 0.354. The average Bonchev–Trinajstić information content (AvgIpc) is 1.65. The molecular formula is C4H9Br3Hf. The molecule has 0 unspecified atom stereocenters. The Morgan fingerprint density at radius 1 is 1.38 bits per heavy atom. The summed E-state index contributed by atoms with van der Waals surface area (Å²) < 4.78 is 0. The number of unbranched alkanes of at least 4 members (excludes halogenated alkanes) is 1. The van der Waals surface area contributed by atoms with Crippen LogP contribution in [0.5, 0.6) is 0 Å². The van der Waals surface area contributed by atoms with Crippen LogP contribution in [0, 0.1) is 6.92 Å². The molecule has 0 bridgehead atoms. The van der Waals surface area contributed by atoms with Crippen molar-refractivity contribution in [1.82, 2.24) is 0 Å². The summed E-state index contributed by atoms with van der Waals surface area (Å²) in [4.78, 5) is 0. The van der Waals surface area contributed by atoms with Crippen molar-refractivity contribution in [2.75, 3.05) is 0 Å². The Morgan fingerprint density at radius 2 is 1.50 bits per heavy atom. The maximum atomic E-state index is 3.60. The Labute approximate surface area is 76.8 Å². The standard InChI is InChI=1S/C4H9.3BrH.Hf/c1-3-4-2;;;;/h1,3-4H2,2H3;3*1H;/q;;;;+3/p-3. The van der Waals surface area contributed by atoms with Gasteiger partial charge >= 0.3 is 51.3 Å². The Hall–Kier alpha value is 2.31. The molecule has 0 atom stereocenters. The third kappa shape index (κ3) is 40.5. The van der Waals surface area contributed by atoms with Crippen LogP contribution in [-0.4, -0.2) is 0 Å². The van der Waals surface area contributed by atoms with Gasteiger partial charge in [0.05, 0.1) is 0 Å². The van der Waals surface area contributed by atoms with E-state index < -0.39 is 14.4 Å². The van der Waals surface area contributed by atoms with Gasteiger partial charge in [-0.05, 0) is 0 Å². The first-order chi connectivity index (χ1) is 3.65. The largest absolute Gasteiger partial charge is 0.0654 e. The van der Waals surface area contributed by atoms with E-state index in [-0.39, 0.29) is 0 Å². The molecule has 0 spiro atoms. The van der Waals surface area contributed by atoms with Crippen molar-refractivity contribution in [2.24, 2.45) is 0 Å². The van der Waals surface area contributed by atoms with Crippen LogP contribution in [0.2, 0.25) is 0 Å². The fourth-order valence-electron chi connectivity index (χ4n) is 0. The van der Waals surface area contributed by atoms with Crippen LogP contribution < -0.4 is 0 Å². The molecule has 1 radical (unpaired) electrons. The Balaban J connectivity index is 0. The van der Waals surface area contributed by atoms with E-state index in [1.165, 1.54) is 6.42 Å². The summed E-state index contributed by atoms with van der Waals surface area (Å²) in [6.45, 7) is 5.72. The minimum atomic E-state index is -1.22. The van der Waals surface area contributed by atoms with Crippen LogP contribution in [0.4, 0.5) is 0 Å². The Bertz CT molecular complexity index is 27.7. The quantitative estimate of drug-likeness (QED) is 0.500. The third-order valence-corrected chi connectivity index (χ3v) is 0.354. The molecule has 50 valence electrons. The second-order valence-corrected chi connectivity index (χ2v) is 48.2. The summed E-state index contributed by atoms with van der Waals surface area (Å²) in [5, 5.41) is 0. The maximum Gasteiger partial charge on any atom is -0.0533 e. The molecule has 0 saturated heterocycles. The fourth-order valence-corrected chi connectivity index (χ4v) is 0. The number of rotatable bonds is 1. The molecule has 0 aromatic carbocycles. The van der Waals surface area contributed by atoms with E-state index >= 15 is 0 Å². The first-order valence-corrected chi connectivity index (χ1v) is 25.8. The molecule has 0 aliphatic carbocycles. The molecule has 0 aromatic rings. The zero-order valence-electron chi connectivity index (χ0n) is 4.76. The van der Waals surface area contributed by atoms with Crippen LogP contribution in [0.3, 0.4) is 0 Å². The summed E-state index contributed by atoms with van der Waals surface area (Å²) in [5.41, 5.74) is 0. The predicted octanol–water partition coefficient (Wildman–Crippen LogP) is 4.15. The summed E-state index contributed by atoms with van der Waals surface area (Å²) in [5.74, 6) is 0. The second kappa shape index (κ2) is 12.0. The molecule has 4 heteroatoms. The molecule has 8 heavy (non-hydrogen) atoms. The fraction of sp³-hybridized carbons (Fsp3) is 0.750. The molecule has 0 nitrogen and oxygen atoms in total.